The van der Waals surface area contributed by atoms with E-state index in [9.17, 15) is 14.4 Å². The lowest BCUT2D eigenvalue weighted by Crippen LogP contribution is -2.22. The summed E-state index contributed by atoms with van der Waals surface area (Å²) in [5.74, 6) is -0.915. The van der Waals surface area contributed by atoms with Gasteiger partial charge >= 0.3 is 5.97 Å². The summed E-state index contributed by atoms with van der Waals surface area (Å²) >= 11 is 1.45. The third kappa shape index (κ3) is 3.62. The molecule has 2 N–H and O–H groups in total. The summed E-state index contributed by atoms with van der Waals surface area (Å²) in [6.07, 6.45) is 3.89. The van der Waals surface area contributed by atoms with Gasteiger partial charge in [0.15, 0.2) is 0 Å². The molecule has 2 aromatic rings. The van der Waals surface area contributed by atoms with Crippen LogP contribution >= 0.6 is 11.3 Å². The Labute approximate surface area is 155 Å². The highest BCUT2D eigenvalue weighted by Crippen LogP contribution is 2.38. The number of ether oxygens (including phenoxy) is 1. The Balaban J connectivity index is 1.94. The van der Waals surface area contributed by atoms with Gasteiger partial charge in [0.2, 0.25) is 0 Å². The van der Waals surface area contributed by atoms with Crippen molar-refractivity contribution in [1.82, 2.24) is 5.32 Å². The maximum atomic E-state index is 12.8. The van der Waals surface area contributed by atoms with E-state index >= 15 is 0 Å². The fraction of sp³-hybridized carbons (Fsp3) is 0.316. The second-order valence-electron chi connectivity index (χ2n) is 6.04. The highest BCUT2D eigenvalue weighted by Gasteiger charge is 2.26. The fourth-order valence-electron chi connectivity index (χ4n) is 3.09. The van der Waals surface area contributed by atoms with Gasteiger partial charge in [0.1, 0.15) is 10.8 Å². The SMILES string of the molecule is CNC(=O)c1c(NC(=O)c2ccccc2OC(C)=O)sc2c1CCCC2. The summed E-state index contributed by atoms with van der Waals surface area (Å²) in [7, 11) is 1.58. The quantitative estimate of drug-likeness (QED) is 0.638. The van der Waals surface area contributed by atoms with Gasteiger partial charge in [0.05, 0.1) is 11.1 Å². The van der Waals surface area contributed by atoms with Crippen molar-refractivity contribution in [2.75, 3.05) is 12.4 Å². The maximum absolute atomic E-state index is 12.8. The van der Waals surface area contributed by atoms with E-state index in [4.69, 9.17) is 4.74 Å². The van der Waals surface area contributed by atoms with Crippen LogP contribution in [0.3, 0.4) is 0 Å². The van der Waals surface area contributed by atoms with Crippen molar-refractivity contribution in [2.45, 2.75) is 32.6 Å². The fourth-order valence-corrected chi connectivity index (χ4v) is 4.37. The predicted molar refractivity (Wildman–Crippen MR) is 100 cm³/mol. The van der Waals surface area contributed by atoms with Gasteiger partial charge in [-0.15, -0.1) is 11.3 Å². The zero-order valence-electron chi connectivity index (χ0n) is 14.7. The molecule has 0 atom stereocenters. The minimum Gasteiger partial charge on any atom is -0.426 e. The molecule has 2 amide bonds. The Bertz CT molecular complexity index is 872. The second kappa shape index (κ2) is 7.70. The van der Waals surface area contributed by atoms with Gasteiger partial charge in [-0.05, 0) is 43.4 Å². The number of nitrogens with one attached hydrogen (secondary N) is 2. The second-order valence-corrected chi connectivity index (χ2v) is 7.14. The molecule has 0 fully saturated rings. The van der Waals surface area contributed by atoms with Crippen LogP contribution in [0, 0.1) is 0 Å². The molecule has 7 heteroatoms. The number of hydrogen-bond acceptors (Lipinski definition) is 5. The number of esters is 1. The molecular formula is C19H20N2O4S. The zero-order chi connectivity index (χ0) is 18.7. The zero-order valence-corrected chi connectivity index (χ0v) is 15.5. The Kier molecular flexibility index (Phi) is 5.37. The number of rotatable bonds is 4. The molecule has 0 saturated carbocycles. The van der Waals surface area contributed by atoms with Gasteiger partial charge in [-0.25, -0.2) is 0 Å². The number of para-hydroxylation sites is 1. The van der Waals surface area contributed by atoms with Gasteiger partial charge in [0, 0.05) is 18.8 Å². The molecule has 1 aliphatic carbocycles. The monoisotopic (exact) mass is 372 g/mol. The van der Waals surface area contributed by atoms with E-state index in [1.165, 1.54) is 18.3 Å². The first-order chi connectivity index (χ1) is 12.5. The van der Waals surface area contributed by atoms with Crippen LogP contribution in [0.2, 0.25) is 0 Å². The number of carbonyl (C=O) groups is 3. The van der Waals surface area contributed by atoms with Crippen LogP contribution in [0.25, 0.3) is 0 Å². The first-order valence-corrected chi connectivity index (χ1v) is 9.28. The molecule has 0 saturated heterocycles. The molecule has 1 aliphatic rings. The number of amides is 2. The van der Waals surface area contributed by atoms with E-state index in [0.29, 0.717) is 10.6 Å². The molecule has 26 heavy (non-hydrogen) atoms. The standard InChI is InChI=1S/C19H20N2O4S/c1-11(22)25-14-9-5-3-7-12(14)17(23)21-19-16(18(24)20-2)13-8-4-6-10-15(13)26-19/h3,5,7,9H,4,6,8,10H2,1-2H3,(H,20,24)(H,21,23). The normalized spacial score (nSPS) is 12.8. The Hall–Kier alpha value is -2.67. The minimum absolute atomic E-state index is 0.195. The highest BCUT2D eigenvalue weighted by molar-refractivity contribution is 7.17. The Morgan fingerprint density at radius 2 is 1.81 bits per heavy atom. The summed E-state index contributed by atoms with van der Waals surface area (Å²) in [6.45, 7) is 1.28. The number of anilines is 1. The molecule has 0 bridgehead atoms. The smallest absolute Gasteiger partial charge is 0.308 e. The molecule has 3 rings (SSSR count). The van der Waals surface area contributed by atoms with Crippen molar-refractivity contribution >= 4 is 34.1 Å². The molecule has 0 unspecified atom stereocenters. The number of fused-ring (bicyclic) bond motifs is 1. The summed E-state index contributed by atoms with van der Waals surface area (Å²) in [4.78, 5) is 37.5. The molecule has 136 valence electrons. The largest absolute Gasteiger partial charge is 0.426 e. The van der Waals surface area contributed by atoms with E-state index in [0.717, 1.165) is 36.1 Å². The van der Waals surface area contributed by atoms with Gasteiger partial charge in [0.25, 0.3) is 11.8 Å². The molecule has 1 aromatic heterocycles. The number of carbonyl (C=O) groups excluding carboxylic acids is 3. The third-order valence-electron chi connectivity index (χ3n) is 4.24. The van der Waals surface area contributed by atoms with Crippen molar-refractivity contribution < 1.29 is 19.1 Å². The first-order valence-electron chi connectivity index (χ1n) is 8.46. The van der Waals surface area contributed by atoms with Crippen LogP contribution in [0.1, 0.15) is 50.9 Å². The predicted octanol–water partition coefficient (Wildman–Crippen LogP) is 3.16. The lowest BCUT2D eigenvalue weighted by molar-refractivity contribution is -0.131. The summed E-state index contributed by atoms with van der Waals surface area (Å²) in [6, 6.07) is 6.53. The van der Waals surface area contributed by atoms with Gasteiger partial charge in [-0.2, -0.15) is 0 Å². The van der Waals surface area contributed by atoms with Crippen LogP contribution in [-0.2, 0) is 17.6 Å². The summed E-state index contributed by atoms with van der Waals surface area (Å²) < 4.78 is 5.11. The van der Waals surface area contributed by atoms with Crippen molar-refractivity contribution in [2.24, 2.45) is 0 Å². The van der Waals surface area contributed by atoms with Crippen LogP contribution in [0.15, 0.2) is 24.3 Å². The van der Waals surface area contributed by atoms with E-state index in [1.807, 2.05) is 0 Å². The van der Waals surface area contributed by atoms with Gasteiger partial charge < -0.3 is 15.4 Å². The van der Waals surface area contributed by atoms with Gasteiger partial charge in [-0.3, -0.25) is 14.4 Å². The Morgan fingerprint density at radius 1 is 1.08 bits per heavy atom. The average Bonchev–Trinajstić information content (AvgIpc) is 2.98. The van der Waals surface area contributed by atoms with E-state index in [1.54, 1.807) is 31.3 Å². The van der Waals surface area contributed by atoms with Crippen molar-refractivity contribution in [3.05, 3.63) is 45.8 Å². The van der Waals surface area contributed by atoms with Crippen LogP contribution in [0.4, 0.5) is 5.00 Å². The molecular weight excluding hydrogens is 352 g/mol. The minimum atomic E-state index is -0.497. The molecule has 1 heterocycles. The maximum Gasteiger partial charge on any atom is 0.308 e. The Morgan fingerprint density at radius 3 is 2.54 bits per heavy atom. The molecule has 0 spiro atoms. The summed E-state index contributed by atoms with van der Waals surface area (Å²) in [5, 5.41) is 6.04. The molecule has 0 radical (unpaired) electrons. The molecule has 6 nitrogen and oxygen atoms in total. The number of benzene rings is 1. The first kappa shape index (κ1) is 18.1. The van der Waals surface area contributed by atoms with Crippen molar-refractivity contribution in [3.63, 3.8) is 0 Å². The molecule has 0 aliphatic heterocycles. The topological polar surface area (TPSA) is 84.5 Å². The van der Waals surface area contributed by atoms with Crippen LogP contribution in [-0.4, -0.2) is 24.8 Å². The van der Waals surface area contributed by atoms with Crippen LogP contribution in [0.5, 0.6) is 5.75 Å². The van der Waals surface area contributed by atoms with Crippen molar-refractivity contribution in [1.29, 1.82) is 0 Å². The van der Waals surface area contributed by atoms with Crippen LogP contribution < -0.4 is 15.4 Å². The average molecular weight is 372 g/mol. The van der Waals surface area contributed by atoms with Gasteiger partial charge in [-0.1, -0.05) is 12.1 Å². The lowest BCUT2D eigenvalue weighted by Gasteiger charge is -2.12. The van der Waals surface area contributed by atoms with E-state index in [-0.39, 0.29) is 17.2 Å². The lowest BCUT2D eigenvalue weighted by atomic mass is 9.95. The molecule has 1 aromatic carbocycles. The number of hydrogen-bond donors (Lipinski definition) is 2. The summed E-state index contributed by atoms with van der Waals surface area (Å²) in [5.41, 5.74) is 1.83. The van der Waals surface area contributed by atoms with Crippen molar-refractivity contribution in [3.8, 4) is 5.75 Å². The van der Waals surface area contributed by atoms with E-state index in [2.05, 4.69) is 10.6 Å². The number of aryl methyl sites for hydroxylation is 1. The van der Waals surface area contributed by atoms with E-state index < -0.39 is 11.9 Å². The highest BCUT2D eigenvalue weighted by atomic mass is 32.1. The number of thiophene rings is 1. The third-order valence-corrected chi connectivity index (χ3v) is 5.45.